The first-order valence-electron chi connectivity index (χ1n) is 41.2. The molecule has 16 aromatic rings. The molecule has 4 aliphatic carbocycles. The number of ketones is 8. The lowest BCUT2D eigenvalue weighted by molar-refractivity contribution is 0.0974. The van der Waals surface area contributed by atoms with Gasteiger partial charge in [0.15, 0.2) is 46.3 Å². The molecular weight excluding hydrogens is 1730 g/mol. The minimum absolute atomic E-state index is 0.0641. The zero-order valence-corrected chi connectivity index (χ0v) is 77.8. The standard InChI is InChI=1S/3C28H20O2S2.C14H8O2.2C7H8S/c3*1-17-9-13-19(14-10-17)31-23-7-3-5-21-25(23)27(29)22-6-4-8-24(26(22)28(21)30)32-20-15-11-18(2)12-16-20;15-13-9-5-1-2-6-10(9)14(16)12-8-4-3-7-11(12)13;2*1-6-2-4-7(8)5-3-6/h3*3-16H,1-2H3;1-8H;2*2-5,8H,1H3. The van der Waals surface area contributed by atoms with Gasteiger partial charge in [-0.3, -0.25) is 38.4 Å². The average Bonchev–Trinajstić information content (AvgIpc) is 0.747. The van der Waals surface area contributed by atoms with Gasteiger partial charge in [0, 0.05) is 158 Å². The summed E-state index contributed by atoms with van der Waals surface area (Å²) in [4.78, 5) is 119. The van der Waals surface area contributed by atoms with Crippen molar-refractivity contribution >= 4 is 142 Å². The van der Waals surface area contributed by atoms with E-state index in [-0.39, 0.29) is 46.3 Å². The fourth-order valence-corrected chi connectivity index (χ4v) is 20.7. The van der Waals surface area contributed by atoms with Gasteiger partial charge in [-0.05, 0) is 189 Å². The van der Waals surface area contributed by atoms with E-state index in [1.807, 2.05) is 236 Å². The molecule has 20 rings (SSSR count). The molecule has 0 bridgehead atoms. The van der Waals surface area contributed by atoms with Gasteiger partial charge in [-0.1, -0.05) is 333 Å². The maximum atomic E-state index is 13.6. The van der Waals surface area contributed by atoms with Crippen LogP contribution in [0.2, 0.25) is 0 Å². The summed E-state index contributed by atoms with van der Waals surface area (Å²) in [5.41, 5.74) is 17.6. The molecule has 628 valence electrons. The van der Waals surface area contributed by atoms with E-state index in [4.69, 9.17) is 0 Å². The van der Waals surface area contributed by atoms with E-state index in [0.29, 0.717) is 89.0 Å². The fourth-order valence-electron chi connectivity index (χ4n) is 14.6. The number of aryl methyl sites for hydroxylation is 8. The maximum Gasteiger partial charge on any atom is 0.195 e. The van der Waals surface area contributed by atoms with Crippen LogP contribution in [0.25, 0.3) is 0 Å². The van der Waals surface area contributed by atoms with Crippen molar-refractivity contribution in [1.29, 1.82) is 0 Å². The normalized spacial score (nSPS) is 12.1. The van der Waals surface area contributed by atoms with Gasteiger partial charge in [-0.2, -0.15) is 0 Å². The van der Waals surface area contributed by atoms with E-state index in [1.54, 1.807) is 84.9 Å². The van der Waals surface area contributed by atoms with Crippen LogP contribution in [0.5, 0.6) is 0 Å². The molecule has 8 nitrogen and oxygen atoms in total. The Hall–Kier alpha value is -12.3. The van der Waals surface area contributed by atoms with E-state index < -0.39 is 0 Å². The Labute approximate surface area is 782 Å². The van der Waals surface area contributed by atoms with E-state index in [1.165, 1.54) is 115 Å². The number of rotatable bonds is 12. The Morgan fingerprint density at radius 3 is 0.422 bits per heavy atom. The molecule has 0 fully saturated rings. The number of hydrogen-bond acceptors (Lipinski definition) is 16. The molecule has 0 aromatic heterocycles. The minimum atomic E-state index is -0.0869. The first-order valence-corrected chi connectivity index (χ1v) is 47.0. The third kappa shape index (κ3) is 21.1. The Morgan fingerprint density at radius 1 is 0.148 bits per heavy atom. The third-order valence-electron chi connectivity index (χ3n) is 21.4. The van der Waals surface area contributed by atoms with Crippen LogP contribution in [0.1, 0.15) is 172 Å². The van der Waals surface area contributed by atoms with Crippen LogP contribution in [-0.2, 0) is 0 Å². The summed E-state index contributed by atoms with van der Waals surface area (Å²) in [7, 11) is 0. The number of thiol groups is 2. The Bertz CT molecular complexity index is 5950. The molecule has 128 heavy (non-hydrogen) atoms. The molecule has 0 amide bonds. The quantitative estimate of drug-likeness (QED) is 0.112. The topological polar surface area (TPSA) is 137 Å². The highest BCUT2D eigenvalue weighted by molar-refractivity contribution is 8.00. The van der Waals surface area contributed by atoms with Gasteiger partial charge in [-0.15, -0.1) is 25.3 Å². The predicted molar refractivity (Wildman–Crippen MR) is 528 cm³/mol. The van der Waals surface area contributed by atoms with E-state index >= 15 is 0 Å². The highest BCUT2D eigenvalue weighted by Crippen LogP contribution is 2.46. The van der Waals surface area contributed by atoms with Gasteiger partial charge in [0.1, 0.15) is 0 Å². The second-order valence-electron chi connectivity index (χ2n) is 31.0. The third-order valence-corrected chi connectivity index (χ3v) is 28.4. The van der Waals surface area contributed by atoms with Crippen molar-refractivity contribution in [3.05, 3.63) is 485 Å². The van der Waals surface area contributed by atoms with Crippen LogP contribution in [0.15, 0.2) is 420 Å². The molecule has 0 spiro atoms. The lowest BCUT2D eigenvalue weighted by Crippen LogP contribution is -2.22. The predicted octanol–water partition coefficient (Wildman–Crippen LogP) is 29.2. The molecule has 0 saturated carbocycles. The molecule has 0 aliphatic heterocycles. The van der Waals surface area contributed by atoms with Crippen molar-refractivity contribution in [3.63, 3.8) is 0 Å². The van der Waals surface area contributed by atoms with Gasteiger partial charge in [0.25, 0.3) is 0 Å². The largest absolute Gasteiger partial charge is 0.289 e. The average molecular weight is 1810 g/mol. The molecule has 16 heteroatoms. The SMILES string of the molecule is Cc1ccc(S)cc1.Cc1ccc(S)cc1.Cc1ccc(Sc2cccc3c2C(=O)c2cccc(Sc4ccc(C)cc4)c2C3=O)cc1.Cc1ccc(Sc2cccc3c2C(=O)c2cccc(Sc4ccc(C)cc4)c2C3=O)cc1.Cc1ccc(Sc2cccc3c2C(=O)c2cccc(Sc4ccc(C)cc4)c2C3=O)cc1.O=C1c2ccccc2C(=O)c2ccccc21. The van der Waals surface area contributed by atoms with Crippen LogP contribution < -0.4 is 0 Å². The number of carbonyl (C=O) groups is 8. The summed E-state index contributed by atoms with van der Waals surface area (Å²) in [6, 6.07) is 112. The van der Waals surface area contributed by atoms with Crippen LogP contribution in [-0.4, -0.2) is 46.3 Å². The zero-order valence-electron chi connectivity index (χ0n) is 71.1. The van der Waals surface area contributed by atoms with Crippen LogP contribution in [0.4, 0.5) is 0 Å². The number of fused-ring (bicyclic) bond motifs is 8. The second kappa shape index (κ2) is 41.2. The highest BCUT2D eigenvalue weighted by atomic mass is 32.2. The molecular formula is C112H84O8S8. The lowest BCUT2D eigenvalue weighted by atomic mass is 9.84. The van der Waals surface area contributed by atoms with Gasteiger partial charge in [0.05, 0.1) is 0 Å². The van der Waals surface area contributed by atoms with E-state index in [9.17, 15) is 38.4 Å². The summed E-state index contributed by atoms with van der Waals surface area (Å²) < 4.78 is 0. The molecule has 0 radical (unpaired) electrons. The highest BCUT2D eigenvalue weighted by Gasteiger charge is 2.38. The van der Waals surface area contributed by atoms with Crippen molar-refractivity contribution in [2.24, 2.45) is 0 Å². The molecule has 0 saturated heterocycles. The van der Waals surface area contributed by atoms with Gasteiger partial charge >= 0.3 is 0 Å². The minimum Gasteiger partial charge on any atom is -0.289 e. The van der Waals surface area contributed by atoms with Gasteiger partial charge < -0.3 is 0 Å². The smallest absolute Gasteiger partial charge is 0.195 e. The fraction of sp³-hybridized carbons (Fsp3) is 0.0714. The van der Waals surface area contributed by atoms with Crippen LogP contribution in [0, 0.1) is 55.4 Å². The summed E-state index contributed by atoms with van der Waals surface area (Å²) >= 11 is 17.4. The maximum absolute atomic E-state index is 13.6. The summed E-state index contributed by atoms with van der Waals surface area (Å²) in [5.74, 6) is -0.649. The molecule has 0 heterocycles. The molecule has 0 atom stereocenters. The Morgan fingerprint density at radius 2 is 0.281 bits per heavy atom. The monoisotopic (exact) mass is 1810 g/mol. The molecule has 0 N–H and O–H groups in total. The van der Waals surface area contributed by atoms with Gasteiger partial charge in [0.2, 0.25) is 0 Å². The van der Waals surface area contributed by atoms with Crippen molar-refractivity contribution in [1.82, 2.24) is 0 Å². The number of benzene rings is 16. The second-order valence-corrected chi connectivity index (χ2v) is 38.7. The number of carbonyl (C=O) groups excluding carboxylic acids is 8. The van der Waals surface area contributed by atoms with Crippen molar-refractivity contribution in [2.75, 3.05) is 0 Å². The first-order chi connectivity index (χ1) is 61.9. The van der Waals surface area contributed by atoms with Gasteiger partial charge in [-0.25, -0.2) is 0 Å². The summed E-state index contributed by atoms with van der Waals surface area (Å²) in [6.45, 7) is 16.4. The first kappa shape index (κ1) is 90.5. The zero-order chi connectivity index (χ0) is 89.8. The van der Waals surface area contributed by atoms with E-state index in [2.05, 4.69) is 112 Å². The van der Waals surface area contributed by atoms with Crippen LogP contribution >= 0.6 is 95.8 Å². The van der Waals surface area contributed by atoms with E-state index in [0.717, 1.165) is 68.5 Å². The number of hydrogen-bond donors (Lipinski definition) is 2. The molecule has 16 aromatic carbocycles. The molecule has 0 unspecified atom stereocenters. The Kier molecular flexibility index (Phi) is 29.1. The summed E-state index contributed by atoms with van der Waals surface area (Å²) in [5, 5.41) is 0. The van der Waals surface area contributed by atoms with Crippen molar-refractivity contribution in [3.8, 4) is 0 Å². The molecule has 4 aliphatic rings. The Balaban J connectivity index is 0.000000126. The van der Waals surface area contributed by atoms with Crippen molar-refractivity contribution < 1.29 is 38.4 Å². The lowest BCUT2D eigenvalue weighted by Gasteiger charge is -2.22. The van der Waals surface area contributed by atoms with Crippen molar-refractivity contribution in [2.45, 2.75) is 124 Å². The van der Waals surface area contributed by atoms with Crippen LogP contribution in [0.3, 0.4) is 0 Å². The summed E-state index contributed by atoms with van der Waals surface area (Å²) in [6.07, 6.45) is 0.